The molecule has 1 atom stereocenters. The van der Waals surface area contributed by atoms with Crippen LogP contribution in [0, 0.1) is 0 Å². The summed E-state index contributed by atoms with van der Waals surface area (Å²) >= 11 is 0. The molecule has 0 radical (unpaired) electrons. The number of rotatable bonds is 4. The summed E-state index contributed by atoms with van der Waals surface area (Å²) in [6.45, 7) is 2.25. The van der Waals surface area contributed by atoms with Gasteiger partial charge in [0.25, 0.3) is 0 Å². The Kier molecular flexibility index (Phi) is 4.75. The van der Waals surface area contributed by atoms with Crippen molar-refractivity contribution in [1.29, 1.82) is 0 Å². The van der Waals surface area contributed by atoms with Crippen LogP contribution in [0.3, 0.4) is 0 Å². The summed E-state index contributed by atoms with van der Waals surface area (Å²) in [4.78, 5) is 32.8. The highest BCUT2D eigenvalue weighted by molar-refractivity contribution is 5.79. The molecule has 3 N–H and O–H groups in total. The lowest BCUT2D eigenvalue weighted by Gasteiger charge is -2.23. The Morgan fingerprint density at radius 3 is 2.81 bits per heavy atom. The zero-order valence-electron chi connectivity index (χ0n) is 9.34. The van der Waals surface area contributed by atoms with Gasteiger partial charge in [-0.1, -0.05) is 0 Å². The van der Waals surface area contributed by atoms with E-state index in [1.807, 2.05) is 0 Å². The number of carbonyl (C=O) groups is 3. The molecule has 0 bridgehead atoms. The van der Waals surface area contributed by atoms with Crippen molar-refractivity contribution in [3.05, 3.63) is 0 Å². The third-order valence-electron chi connectivity index (χ3n) is 2.36. The monoisotopic (exact) mass is 227 g/mol. The van der Waals surface area contributed by atoms with Crippen LogP contribution >= 0.6 is 0 Å². The lowest BCUT2D eigenvalue weighted by Crippen LogP contribution is -2.48. The molecule has 0 saturated carbocycles. The Morgan fingerprint density at radius 1 is 1.50 bits per heavy atom. The molecular formula is C10H17N3O3. The standard InChI is InChI=1S/C10H17N3O3/c1-7(14)11-5-4-10(16)13-8-2-3-9(15)12-6-8/h8H,2-6H2,1H3,(H,11,14)(H,12,15)(H,13,16). The molecule has 1 fully saturated rings. The first-order valence-corrected chi connectivity index (χ1v) is 5.38. The van der Waals surface area contributed by atoms with Gasteiger partial charge in [0, 0.05) is 38.9 Å². The molecule has 3 amide bonds. The number of nitrogens with one attached hydrogen (secondary N) is 3. The molecular weight excluding hydrogens is 210 g/mol. The van der Waals surface area contributed by atoms with Crippen molar-refractivity contribution < 1.29 is 14.4 Å². The minimum absolute atomic E-state index is 0.0162. The molecule has 0 aromatic carbocycles. The van der Waals surface area contributed by atoms with Gasteiger partial charge in [0.2, 0.25) is 17.7 Å². The van der Waals surface area contributed by atoms with Gasteiger partial charge in [-0.2, -0.15) is 0 Å². The van der Waals surface area contributed by atoms with E-state index < -0.39 is 0 Å². The van der Waals surface area contributed by atoms with Gasteiger partial charge in [-0.25, -0.2) is 0 Å². The Labute approximate surface area is 94.2 Å². The number of amides is 3. The topological polar surface area (TPSA) is 87.3 Å². The van der Waals surface area contributed by atoms with Crippen molar-refractivity contribution in [2.45, 2.75) is 32.2 Å². The molecule has 0 aromatic heterocycles. The normalized spacial score (nSPS) is 19.8. The summed E-state index contributed by atoms with van der Waals surface area (Å²) < 4.78 is 0. The minimum Gasteiger partial charge on any atom is -0.356 e. The summed E-state index contributed by atoms with van der Waals surface area (Å²) in [5.74, 6) is -0.212. The van der Waals surface area contributed by atoms with Crippen molar-refractivity contribution in [2.75, 3.05) is 13.1 Å². The summed E-state index contributed by atoms with van der Waals surface area (Å²) in [5, 5.41) is 8.05. The number of hydrogen-bond acceptors (Lipinski definition) is 3. The van der Waals surface area contributed by atoms with Crippen molar-refractivity contribution in [2.24, 2.45) is 0 Å². The highest BCUT2D eigenvalue weighted by atomic mass is 16.2. The number of carbonyl (C=O) groups excluding carboxylic acids is 3. The van der Waals surface area contributed by atoms with E-state index in [0.717, 1.165) is 0 Å². The van der Waals surface area contributed by atoms with Gasteiger partial charge in [-0.15, -0.1) is 0 Å². The van der Waals surface area contributed by atoms with Crippen LogP contribution in [-0.2, 0) is 14.4 Å². The largest absolute Gasteiger partial charge is 0.356 e. The molecule has 6 heteroatoms. The molecule has 0 aliphatic carbocycles. The second-order valence-electron chi connectivity index (χ2n) is 3.84. The average Bonchev–Trinajstić information content (AvgIpc) is 2.21. The maximum atomic E-state index is 11.4. The average molecular weight is 227 g/mol. The second-order valence-corrected chi connectivity index (χ2v) is 3.84. The molecule has 1 rings (SSSR count). The van der Waals surface area contributed by atoms with Crippen LogP contribution in [0.15, 0.2) is 0 Å². The second kappa shape index (κ2) is 6.09. The first-order chi connectivity index (χ1) is 7.58. The molecule has 0 spiro atoms. The zero-order chi connectivity index (χ0) is 12.0. The van der Waals surface area contributed by atoms with Crippen molar-refractivity contribution in [3.8, 4) is 0 Å². The van der Waals surface area contributed by atoms with Crippen LogP contribution in [0.1, 0.15) is 26.2 Å². The first-order valence-electron chi connectivity index (χ1n) is 5.38. The molecule has 1 saturated heterocycles. The van der Waals surface area contributed by atoms with E-state index >= 15 is 0 Å². The van der Waals surface area contributed by atoms with Gasteiger partial charge >= 0.3 is 0 Å². The predicted molar refractivity (Wildman–Crippen MR) is 57.5 cm³/mol. The van der Waals surface area contributed by atoms with Gasteiger partial charge in [0.05, 0.1) is 0 Å². The maximum Gasteiger partial charge on any atom is 0.222 e. The molecule has 0 aromatic rings. The van der Waals surface area contributed by atoms with Crippen molar-refractivity contribution in [3.63, 3.8) is 0 Å². The smallest absolute Gasteiger partial charge is 0.222 e. The van der Waals surface area contributed by atoms with E-state index in [-0.39, 0.29) is 30.2 Å². The van der Waals surface area contributed by atoms with E-state index in [4.69, 9.17) is 0 Å². The molecule has 16 heavy (non-hydrogen) atoms. The molecule has 1 aliphatic heterocycles. The van der Waals surface area contributed by atoms with E-state index in [0.29, 0.717) is 25.9 Å². The van der Waals surface area contributed by atoms with Crippen LogP contribution in [0.2, 0.25) is 0 Å². The van der Waals surface area contributed by atoms with Crippen LogP contribution in [0.25, 0.3) is 0 Å². The fraction of sp³-hybridized carbons (Fsp3) is 0.700. The highest BCUT2D eigenvalue weighted by Crippen LogP contribution is 2.02. The fourth-order valence-corrected chi connectivity index (χ4v) is 1.51. The van der Waals surface area contributed by atoms with Gasteiger partial charge in [-0.3, -0.25) is 14.4 Å². The Balaban J connectivity index is 2.14. The van der Waals surface area contributed by atoms with Crippen LogP contribution < -0.4 is 16.0 Å². The lowest BCUT2D eigenvalue weighted by molar-refractivity contribution is -0.126. The summed E-state index contributed by atoms with van der Waals surface area (Å²) in [5.41, 5.74) is 0. The van der Waals surface area contributed by atoms with Gasteiger partial charge < -0.3 is 16.0 Å². The van der Waals surface area contributed by atoms with Gasteiger partial charge in [0.1, 0.15) is 0 Å². The Bertz CT molecular complexity index is 281. The molecule has 1 heterocycles. The molecule has 1 unspecified atom stereocenters. The third-order valence-corrected chi connectivity index (χ3v) is 2.36. The highest BCUT2D eigenvalue weighted by Gasteiger charge is 2.19. The van der Waals surface area contributed by atoms with Crippen molar-refractivity contribution in [1.82, 2.24) is 16.0 Å². The van der Waals surface area contributed by atoms with E-state index in [1.165, 1.54) is 6.92 Å². The van der Waals surface area contributed by atoms with E-state index in [2.05, 4.69) is 16.0 Å². The van der Waals surface area contributed by atoms with E-state index in [1.54, 1.807) is 0 Å². The van der Waals surface area contributed by atoms with Crippen LogP contribution in [0.4, 0.5) is 0 Å². The molecule has 90 valence electrons. The predicted octanol–water partition coefficient (Wildman–Crippen LogP) is -1.09. The fourth-order valence-electron chi connectivity index (χ4n) is 1.51. The SMILES string of the molecule is CC(=O)NCCC(=O)NC1CCC(=O)NC1. The molecule has 1 aliphatic rings. The summed E-state index contributed by atoms with van der Waals surface area (Å²) in [6, 6.07) is 0.0162. The summed E-state index contributed by atoms with van der Waals surface area (Å²) in [6.07, 6.45) is 1.40. The van der Waals surface area contributed by atoms with Gasteiger partial charge in [-0.05, 0) is 6.42 Å². The Hall–Kier alpha value is -1.59. The number of hydrogen-bond donors (Lipinski definition) is 3. The van der Waals surface area contributed by atoms with Crippen LogP contribution in [0.5, 0.6) is 0 Å². The van der Waals surface area contributed by atoms with E-state index in [9.17, 15) is 14.4 Å². The van der Waals surface area contributed by atoms with Crippen molar-refractivity contribution >= 4 is 17.7 Å². The minimum atomic E-state index is -0.141. The zero-order valence-corrected chi connectivity index (χ0v) is 9.34. The lowest BCUT2D eigenvalue weighted by atomic mass is 10.1. The molecule has 6 nitrogen and oxygen atoms in total. The quantitative estimate of drug-likeness (QED) is 0.570. The summed E-state index contributed by atoms with van der Waals surface area (Å²) in [7, 11) is 0. The third kappa shape index (κ3) is 4.77. The van der Waals surface area contributed by atoms with Crippen LogP contribution in [-0.4, -0.2) is 36.9 Å². The van der Waals surface area contributed by atoms with Gasteiger partial charge in [0.15, 0.2) is 0 Å². The Morgan fingerprint density at radius 2 is 2.25 bits per heavy atom. The maximum absolute atomic E-state index is 11.4. The number of piperidine rings is 1. The first kappa shape index (κ1) is 12.5.